The Bertz CT molecular complexity index is 543. The molecule has 0 unspecified atom stereocenters. The van der Waals surface area contributed by atoms with Crippen molar-refractivity contribution in [3.63, 3.8) is 0 Å². The third kappa shape index (κ3) is 5.77. The van der Waals surface area contributed by atoms with Gasteiger partial charge in [-0.25, -0.2) is 0 Å². The van der Waals surface area contributed by atoms with Crippen molar-refractivity contribution in [2.45, 2.75) is 38.6 Å². The second kappa shape index (κ2) is 9.61. The number of H-pyrrole nitrogens is 1. The van der Waals surface area contributed by atoms with Gasteiger partial charge in [0.05, 0.1) is 12.6 Å². The number of carbonyl (C=O) groups excluding carboxylic acids is 2. The predicted octanol–water partition coefficient (Wildman–Crippen LogP) is 0.764. The highest BCUT2D eigenvalue weighted by Gasteiger charge is 2.20. The molecule has 9 heteroatoms. The van der Waals surface area contributed by atoms with Crippen LogP contribution < -0.4 is 16.4 Å². The average molecular weight is 360 g/mol. The molecule has 0 spiro atoms. The molecule has 5 N–H and O–H groups in total. The van der Waals surface area contributed by atoms with Crippen molar-refractivity contribution in [3.8, 4) is 0 Å². The summed E-state index contributed by atoms with van der Waals surface area (Å²) in [6.07, 6.45) is 1.89. The van der Waals surface area contributed by atoms with Gasteiger partial charge in [-0.2, -0.15) is 5.10 Å². The lowest BCUT2D eigenvalue weighted by molar-refractivity contribution is -0.125. The first kappa shape index (κ1) is 20.4. The molecule has 1 aliphatic heterocycles. The number of nitrogens with two attached hydrogens (primary N) is 1. The molecule has 1 fully saturated rings. The van der Waals surface area contributed by atoms with Gasteiger partial charge in [-0.15, -0.1) is 12.4 Å². The van der Waals surface area contributed by atoms with E-state index in [-0.39, 0.29) is 36.7 Å². The summed E-state index contributed by atoms with van der Waals surface area (Å²) < 4.78 is 5.33. The number of hydrogen-bond acceptors (Lipinski definition) is 5. The number of ether oxygens (including phenoxy) is 1. The van der Waals surface area contributed by atoms with Gasteiger partial charge in [0.25, 0.3) is 0 Å². The summed E-state index contributed by atoms with van der Waals surface area (Å²) >= 11 is 0. The van der Waals surface area contributed by atoms with E-state index in [1.54, 1.807) is 0 Å². The molecular formula is C15H26ClN5O3. The second-order valence-electron chi connectivity index (χ2n) is 6.13. The molecule has 1 atom stereocenters. The first-order chi connectivity index (χ1) is 11.0. The van der Waals surface area contributed by atoms with E-state index in [0.717, 1.165) is 31.7 Å². The van der Waals surface area contributed by atoms with Crippen molar-refractivity contribution < 1.29 is 14.3 Å². The highest BCUT2D eigenvalue weighted by atomic mass is 35.5. The minimum atomic E-state index is -0.617. The van der Waals surface area contributed by atoms with Gasteiger partial charge >= 0.3 is 0 Å². The molecule has 2 heterocycles. The summed E-state index contributed by atoms with van der Waals surface area (Å²) in [6, 6.07) is 1.21. The molecule has 2 rings (SSSR count). The first-order valence-electron chi connectivity index (χ1n) is 7.93. The third-order valence-corrected chi connectivity index (χ3v) is 3.97. The fraction of sp³-hybridized carbons (Fsp3) is 0.667. The van der Waals surface area contributed by atoms with Crippen LogP contribution in [0.2, 0.25) is 0 Å². The zero-order valence-electron chi connectivity index (χ0n) is 14.0. The first-order valence-corrected chi connectivity index (χ1v) is 7.93. The maximum absolute atomic E-state index is 11.9. The lowest BCUT2D eigenvalue weighted by Crippen LogP contribution is -2.46. The molecule has 0 aliphatic carbocycles. The summed E-state index contributed by atoms with van der Waals surface area (Å²) in [5.41, 5.74) is 6.71. The van der Waals surface area contributed by atoms with Crippen LogP contribution in [0.15, 0.2) is 6.07 Å². The Morgan fingerprint density at radius 3 is 2.71 bits per heavy atom. The van der Waals surface area contributed by atoms with Crippen molar-refractivity contribution in [1.29, 1.82) is 0 Å². The molecular weight excluding hydrogens is 334 g/mol. The molecule has 8 nitrogen and oxygen atoms in total. The van der Waals surface area contributed by atoms with Gasteiger partial charge in [0.2, 0.25) is 11.8 Å². The molecule has 1 saturated heterocycles. The van der Waals surface area contributed by atoms with Gasteiger partial charge in [0, 0.05) is 30.9 Å². The Balaban J connectivity index is 0.00000288. The number of nitrogens with one attached hydrogen (secondary N) is 3. The van der Waals surface area contributed by atoms with Crippen molar-refractivity contribution in [3.05, 3.63) is 11.8 Å². The Morgan fingerprint density at radius 2 is 2.08 bits per heavy atom. The Labute approximate surface area is 147 Å². The quantitative estimate of drug-likeness (QED) is 0.597. The number of rotatable bonds is 6. The Morgan fingerprint density at radius 1 is 1.42 bits per heavy atom. The molecule has 2 amide bonds. The SMILES string of the molecule is CC(C)[C@H](N)C(=O)NCC(=O)Nc1cc(C2CCOCC2)[nH]n1.Cl. The van der Waals surface area contributed by atoms with Gasteiger partial charge in [-0.3, -0.25) is 14.7 Å². The summed E-state index contributed by atoms with van der Waals surface area (Å²) in [4.78, 5) is 23.6. The van der Waals surface area contributed by atoms with Crippen LogP contribution in [0.5, 0.6) is 0 Å². The number of halogens is 1. The van der Waals surface area contributed by atoms with Crippen molar-refractivity contribution in [2.75, 3.05) is 25.1 Å². The van der Waals surface area contributed by atoms with Crippen LogP contribution in [0.4, 0.5) is 5.82 Å². The minimum Gasteiger partial charge on any atom is -0.381 e. The zero-order chi connectivity index (χ0) is 16.8. The Kier molecular flexibility index (Phi) is 8.17. The van der Waals surface area contributed by atoms with Gasteiger partial charge in [0.1, 0.15) is 0 Å². The predicted molar refractivity (Wildman–Crippen MR) is 93.1 cm³/mol. The maximum atomic E-state index is 11.9. The number of hydrogen-bond donors (Lipinski definition) is 4. The van der Waals surface area contributed by atoms with Crippen LogP contribution in [0.3, 0.4) is 0 Å². The van der Waals surface area contributed by atoms with Crippen LogP contribution in [0.1, 0.15) is 38.3 Å². The van der Waals surface area contributed by atoms with E-state index in [1.807, 2.05) is 19.9 Å². The van der Waals surface area contributed by atoms with Crippen molar-refractivity contribution in [1.82, 2.24) is 15.5 Å². The largest absolute Gasteiger partial charge is 0.381 e. The number of aromatic amines is 1. The van der Waals surface area contributed by atoms with Crippen LogP contribution in [-0.4, -0.2) is 47.8 Å². The summed E-state index contributed by atoms with van der Waals surface area (Å²) in [6.45, 7) is 5.07. The average Bonchev–Trinajstić information content (AvgIpc) is 3.01. The fourth-order valence-electron chi connectivity index (χ4n) is 2.39. The van der Waals surface area contributed by atoms with Crippen LogP contribution in [0, 0.1) is 5.92 Å². The number of nitrogens with zero attached hydrogens (tertiary/aromatic N) is 1. The number of aromatic nitrogens is 2. The molecule has 0 saturated carbocycles. The molecule has 0 bridgehead atoms. The zero-order valence-corrected chi connectivity index (χ0v) is 14.8. The van der Waals surface area contributed by atoms with E-state index >= 15 is 0 Å². The fourth-order valence-corrected chi connectivity index (χ4v) is 2.39. The minimum absolute atomic E-state index is 0. The van der Waals surface area contributed by atoms with E-state index in [0.29, 0.717) is 11.7 Å². The molecule has 0 radical (unpaired) electrons. The van der Waals surface area contributed by atoms with Gasteiger partial charge < -0.3 is 21.1 Å². The molecule has 1 aromatic heterocycles. The maximum Gasteiger partial charge on any atom is 0.244 e. The molecule has 0 aromatic carbocycles. The van der Waals surface area contributed by atoms with E-state index in [9.17, 15) is 9.59 Å². The topological polar surface area (TPSA) is 122 Å². The van der Waals surface area contributed by atoms with Crippen LogP contribution in [-0.2, 0) is 14.3 Å². The summed E-state index contributed by atoms with van der Waals surface area (Å²) in [7, 11) is 0. The molecule has 136 valence electrons. The standard InChI is InChI=1S/C15H25N5O3.ClH/c1-9(2)14(16)15(22)17-8-13(21)18-12-7-11(19-20-12)10-3-5-23-6-4-10;/h7,9-10,14H,3-6,8,16H2,1-2H3,(H,17,22)(H2,18,19,20,21);1H/t14-;/m0./s1. The van der Waals surface area contributed by atoms with Crippen molar-refractivity contribution >= 4 is 30.0 Å². The van der Waals surface area contributed by atoms with Gasteiger partial charge in [0.15, 0.2) is 5.82 Å². The number of anilines is 1. The number of carbonyl (C=O) groups is 2. The van der Waals surface area contributed by atoms with Crippen molar-refractivity contribution in [2.24, 2.45) is 11.7 Å². The molecule has 1 aromatic rings. The highest BCUT2D eigenvalue weighted by molar-refractivity contribution is 5.94. The van der Waals surface area contributed by atoms with Gasteiger partial charge in [-0.05, 0) is 18.8 Å². The molecule has 24 heavy (non-hydrogen) atoms. The van der Waals surface area contributed by atoms with Crippen LogP contribution >= 0.6 is 12.4 Å². The van der Waals surface area contributed by atoms with E-state index in [2.05, 4.69) is 20.8 Å². The smallest absolute Gasteiger partial charge is 0.244 e. The highest BCUT2D eigenvalue weighted by Crippen LogP contribution is 2.26. The summed E-state index contributed by atoms with van der Waals surface area (Å²) in [5.74, 6) is 0.190. The lowest BCUT2D eigenvalue weighted by atomic mass is 9.97. The van der Waals surface area contributed by atoms with Gasteiger partial charge in [-0.1, -0.05) is 13.8 Å². The van der Waals surface area contributed by atoms with E-state index < -0.39 is 6.04 Å². The summed E-state index contributed by atoms with van der Waals surface area (Å²) in [5, 5.41) is 12.2. The lowest BCUT2D eigenvalue weighted by Gasteiger charge is -2.20. The third-order valence-electron chi connectivity index (χ3n) is 3.97. The Hall–Kier alpha value is -1.64. The van der Waals surface area contributed by atoms with E-state index in [1.165, 1.54) is 0 Å². The second-order valence-corrected chi connectivity index (χ2v) is 6.13. The normalized spacial score (nSPS) is 16.3. The number of amides is 2. The van der Waals surface area contributed by atoms with E-state index in [4.69, 9.17) is 10.5 Å². The monoisotopic (exact) mass is 359 g/mol. The van der Waals surface area contributed by atoms with Crippen LogP contribution in [0.25, 0.3) is 0 Å². The molecule has 1 aliphatic rings.